The third-order valence-electron chi connectivity index (χ3n) is 6.09. The highest BCUT2D eigenvalue weighted by molar-refractivity contribution is 5.79. The van der Waals surface area contributed by atoms with E-state index in [2.05, 4.69) is 0 Å². The minimum Gasteiger partial charge on any atom is -0.394 e. The molecule has 148 valence electrons. The Bertz CT molecular complexity index is 868. The van der Waals surface area contributed by atoms with Gasteiger partial charge in [0.25, 0.3) is 0 Å². The molecular weight excluding hydrogens is 362 g/mol. The number of amides is 1. The molecular formula is C22H24F2N2O2. The molecule has 2 aliphatic heterocycles. The van der Waals surface area contributed by atoms with E-state index in [0.717, 1.165) is 17.7 Å². The maximum atomic E-state index is 14.0. The first-order valence-electron chi connectivity index (χ1n) is 9.64. The fourth-order valence-corrected chi connectivity index (χ4v) is 4.98. The number of hydrogen-bond donors (Lipinski definition) is 1. The van der Waals surface area contributed by atoms with E-state index in [1.54, 1.807) is 0 Å². The zero-order valence-electron chi connectivity index (χ0n) is 15.8. The minimum atomic E-state index is -0.458. The zero-order chi connectivity index (χ0) is 19.9. The quantitative estimate of drug-likeness (QED) is 0.859. The largest absolute Gasteiger partial charge is 0.394 e. The second-order valence-corrected chi connectivity index (χ2v) is 7.74. The summed E-state index contributed by atoms with van der Waals surface area (Å²) in [5.41, 5.74) is 1.02. The molecule has 28 heavy (non-hydrogen) atoms. The Balaban J connectivity index is 1.58. The minimum absolute atomic E-state index is 0.0165. The summed E-state index contributed by atoms with van der Waals surface area (Å²) in [4.78, 5) is 16.4. The van der Waals surface area contributed by atoms with Gasteiger partial charge in [-0.3, -0.25) is 9.69 Å². The van der Waals surface area contributed by atoms with Crippen molar-refractivity contribution in [1.29, 1.82) is 0 Å². The van der Waals surface area contributed by atoms with Crippen molar-refractivity contribution >= 4 is 5.91 Å². The summed E-state index contributed by atoms with van der Waals surface area (Å²) >= 11 is 0. The van der Waals surface area contributed by atoms with Crippen molar-refractivity contribution in [2.75, 3.05) is 19.7 Å². The van der Waals surface area contributed by atoms with Gasteiger partial charge in [-0.25, -0.2) is 8.78 Å². The van der Waals surface area contributed by atoms with Crippen LogP contribution in [0.15, 0.2) is 48.5 Å². The van der Waals surface area contributed by atoms with Gasteiger partial charge in [0.05, 0.1) is 18.2 Å². The van der Waals surface area contributed by atoms with Crippen molar-refractivity contribution in [3.05, 3.63) is 71.3 Å². The molecule has 0 unspecified atom stereocenters. The fourth-order valence-electron chi connectivity index (χ4n) is 4.98. The molecule has 2 saturated heterocycles. The van der Waals surface area contributed by atoms with E-state index in [4.69, 9.17) is 0 Å². The third kappa shape index (κ3) is 2.91. The summed E-state index contributed by atoms with van der Waals surface area (Å²) in [7, 11) is 0. The van der Waals surface area contributed by atoms with Crippen LogP contribution < -0.4 is 0 Å². The van der Waals surface area contributed by atoms with Crippen LogP contribution >= 0.6 is 0 Å². The van der Waals surface area contributed by atoms with Crippen molar-refractivity contribution in [2.45, 2.75) is 37.4 Å². The first-order chi connectivity index (χ1) is 13.5. The standard InChI is InChI=1S/C22H24F2N2O2/c1-2-20(28)26-19(12-27)21(15-6-4-3-5-7-15)22(26)13-25(14-22)11-16-10-17(23)8-9-18(16)24/h3-10,19,21,27H,2,11-14H2,1H3/t19-,21-/m1/s1. The van der Waals surface area contributed by atoms with Gasteiger partial charge in [-0.2, -0.15) is 0 Å². The number of hydrogen-bond acceptors (Lipinski definition) is 3. The molecule has 6 heteroatoms. The molecule has 2 fully saturated rings. The van der Waals surface area contributed by atoms with Crippen LogP contribution in [0.5, 0.6) is 0 Å². The molecule has 2 atom stereocenters. The lowest BCUT2D eigenvalue weighted by molar-refractivity contribution is -0.201. The topological polar surface area (TPSA) is 43.8 Å². The van der Waals surface area contributed by atoms with Gasteiger partial charge in [-0.15, -0.1) is 0 Å². The van der Waals surface area contributed by atoms with Crippen molar-refractivity contribution in [3.8, 4) is 0 Å². The Morgan fingerprint density at radius 2 is 1.89 bits per heavy atom. The Morgan fingerprint density at radius 3 is 2.54 bits per heavy atom. The Hall–Kier alpha value is -2.31. The van der Waals surface area contributed by atoms with Gasteiger partial charge in [-0.1, -0.05) is 37.3 Å². The second-order valence-electron chi connectivity index (χ2n) is 7.74. The van der Waals surface area contributed by atoms with E-state index >= 15 is 0 Å². The molecule has 0 saturated carbocycles. The number of nitrogens with zero attached hydrogens (tertiary/aromatic N) is 2. The Morgan fingerprint density at radius 1 is 1.18 bits per heavy atom. The maximum Gasteiger partial charge on any atom is 0.223 e. The maximum absolute atomic E-state index is 14.0. The molecule has 2 aromatic rings. The summed E-state index contributed by atoms with van der Waals surface area (Å²) < 4.78 is 27.5. The second kappa shape index (κ2) is 7.26. The van der Waals surface area contributed by atoms with E-state index in [0.29, 0.717) is 31.6 Å². The van der Waals surface area contributed by atoms with Crippen molar-refractivity contribution in [3.63, 3.8) is 0 Å². The molecule has 0 aliphatic carbocycles. The van der Waals surface area contributed by atoms with Crippen LogP contribution in [0.3, 0.4) is 0 Å². The molecule has 1 N–H and O–H groups in total. The summed E-state index contributed by atoms with van der Waals surface area (Å²) in [6, 6.07) is 13.1. The highest BCUT2D eigenvalue weighted by atomic mass is 19.1. The highest BCUT2D eigenvalue weighted by Gasteiger charge is 2.66. The van der Waals surface area contributed by atoms with Gasteiger partial charge in [0.2, 0.25) is 5.91 Å². The van der Waals surface area contributed by atoms with Crippen LogP contribution in [0.4, 0.5) is 8.78 Å². The first kappa shape index (κ1) is 19.0. The summed E-state index contributed by atoms with van der Waals surface area (Å²) in [6.45, 7) is 3.17. The molecule has 0 radical (unpaired) electrons. The molecule has 0 bridgehead atoms. The number of carbonyl (C=O) groups excluding carboxylic acids is 1. The number of carbonyl (C=O) groups is 1. The molecule has 1 amide bonds. The zero-order valence-corrected chi connectivity index (χ0v) is 15.8. The summed E-state index contributed by atoms with van der Waals surface area (Å²) in [5, 5.41) is 9.95. The number of halogens is 2. The van der Waals surface area contributed by atoms with Gasteiger partial charge in [-0.05, 0) is 23.8 Å². The monoisotopic (exact) mass is 386 g/mol. The highest BCUT2D eigenvalue weighted by Crippen LogP contribution is 2.54. The summed E-state index contributed by atoms with van der Waals surface area (Å²) in [6.07, 6.45) is 0.373. The predicted molar refractivity (Wildman–Crippen MR) is 102 cm³/mol. The lowest BCUT2D eigenvalue weighted by Crippen LogP contribution is -2.85. The van der Waals surface area contributed by atoms with E-state index in [-0.39, 0.29) is 24.5 Å². The van der Waals surface area contributed by atoms with Crippen LogP contribution in [0.25, 0.3) is 0 Å². The normalized spacial score (nSPS) is 23.4. The Kier molecular flexibility index (Phi) is 4.93. The van der Waals surface area contributed by atoms with Gasteiger partial charge in [0.1, 0.15) is 11.6 Å². The smallest absolute Gasteiger partial charge is 0.223 e. The number of benzene rings is 2. The SMILES string of the molecule is CCC(=O)N1[C@H](CO)[C@@H](c2ccccc2)C12CN(Cc1cc(F)ccc1F)C2. The molecule has 2 aliphatic rings. The third-order valence-corrected chi connectivity index (χ3v) is 6.09. The van der Waals surface area contributed by atoms with E-state index < -0.39 is 17.2 Å². The fraction of sp³-hybridized carbons (Fsp3) is 0.409. The van der Waals surface area contributed by atoms with Crippen molar-refractivity contribution < 1.29 is 18.7 Å². The van der Waals surface area contributed by atoms with Gasteiger partial charge in [0, 0.05) is 37.5 Å². The molecule has 4 rings (SSSR count). The van der Waals surface area contributed by atoms with Gasteiger partial charge in [0.15, 0.2) is 0 Å². The van der Waals surface area contributed by atoms with Crippen LogP contribution in [-0.4, -0.2) is 52.1 Å². The molecule has 4 nitrogen and oxygen atoms in total. The lowest BCUT2D eigenvalue weighted by Gasteiger charge is -2.70. The van der Waals surface area contributed by atoms with Crippen LogP contribution in [0, 0.1) is 11.6 Å². The van der Waals surface area contributed by atoms with Crippen LogP contribution in [0.2, 0.25) is 0 Å². The Labute approximate surface area is 163 Å². The van der Waals surface area contributed by atoms with Gasteiger partial charge >= 0.3 is 0 Å². The van der Waals surface area contributed by atoms with Crippen molar-refractivity contribution in [1.82, 2.24) is 9.80 Å². The van der Waals surface area contributed by atoms with E-state index in [1.807, 2.05) is 47.1 Å². The van der Waals surface area contributed by atoms with Crippen LogP contribution in [-0.2, 0) is 11.3 Å². The number of rotatable bonds is 5. The first-order valence-corrected chi connectivity index (χ1v) is 9.64. The van der Waals surface area contributed by atoms with Gasteiger partial charge < -0.3 is 10.0 Å². The number of likely N-dealkylation sites (tertiary alicyclic amines) is 2. The van der Waals surface area contributed by atoms with E-state index in [1.165, 1.54) is 6.07 Å². The predicted octanol–water partition coefficient (Wildman–Crippen LogP) is 2.92. The van der Waals surface area contributed by atoms with Crippen LogP contribution in [0.1, 0.15) is 30.4 Å². The average molecular weight is 386 g/mol. The average Bonchev–Trinajstić information content (AvgIpc) is 2.66. The lowest BCUT2D eigenvalue weighted by atomic mass is 9.60. The number of aliphatic hydroxyl groups is 1. The van der Waals surface area contributed by atoms with E-state index in [9.17, 15) is 18.7 Å². The molecule has 1 spiro atoms. The van der Waals surface area contributed by atoms with Crippen molar-refractivity contribution in [2.24, 2.45) is 0 Å². The summed E-state index contributed by atoms with van der Waals surface area (Å²) in [5.74, 6) is -0.837. The number of aliphatic hydroxyl groups excluding tert-OH is 1. The molecule has 2 aromatic carbocycles. The molecule has 2 heterocycles. The molecule has 0 aromatic heterocycles.